The highest BCUT2D eigenvalue weighted by atomic mass is 33.1. The van der Waals surface area contributed by atoms with Crippen LogP contribution in [-0.2, 0) is 0 Å². The van der Waals surface area contributed by atoms with Gasteiger partial charge in [-0.3, -0.25) is 8.77 Å². The summed E-state index contributed by atoms with van der Waals surface area (Å²) < 4.78 is 1.82. The monoisotopic (exact) mass is 282 g/mol. The molecule has 1 fully saturated rings. The number of imidazole rings is 1. The van der Waals surface area contributed by atoms with Crippen LogP contribution in [0.5, 0.6) is 0 Å². The number of aromatic amines is 1. The highest BCUT2D eigenvalue weighted by Crippen LogP contribution is 2.37. The molecule has 0 bridgehead atoms. The molecule has 7 heteroatoms. The summed E-state index contributed by atoms with van der Waals surface area (Å²) >= 11 is 0. The van der Waals surface area contributed by atoms with E-state index in [-0.39, 0.29) is 5.56 Å². The Kier molecular flexibility index (Phi) is 3.60. The summed E-state index contributed by atoms with van der Waals surface area (Å²) in [7, 11) is 3.43. The minimum absolute atomic E-state index is 0.130. The first-order valence-corrected chi connectivity index (χ1v) is 8.26. The fourth-order valence-corrected chi connectivity index (χ4v) is 4.79. The average Bonchev–Trinajstić information content (AvgIpc) is 2.82. The van der Waals surface area contributed by atoms with Gasteiger partial charge in [0.05, 0.1) is 6.33 Å². The summed E-state index contributed by atoms with van der Waals surface area (Å²) in [6.45, 7) is 0. The number of hydrogen-bond donors (Lipinski definition) is 1. The maximum Gasteiger partial charge on any atom is 0.277 e. The van der Waals surface area contributed by atoms with Crippen LogP contribution in [-0.4, -0.2) is 24.2 Å². The third kappa shape index (κ3) is 2.42. The molecule has 5 nitrogen and oxygen atoms in total. The number of nitrogens with zero attached hydrogens (tertiary/aromatic N) is 3. The topological polar surface area (TPSA) is 63.6 Å². The van der Waals surface area contributed by atoms with E-state index in [9.17, 15) is 4.79 Å². The van der Waals surface area contributed by atoms with Crippen molar-refractivity contribution in [2.24, 2.45) is 0 Å². The van der Waals surface area contributed by atoms with E-state index >= 15 is 0 Å². The molecule has 0 unspecified atom stereocenters. The van der Waals surface area contributed by atoms with Crippen molar-refractivity contribution in [3.05, 3.63) is 23.0 Å². The normalized spacial score (nSPS) is 17.3. The predicted octanol–water partition coefficient (Wildman–Crippen LogP) is 2.60. The fourth-order valence-electron chi connectivity index (χ4n) is 2.17. The summed E-state index contributed by atoms with van der Waals surface area (Å²) in [5.74, 6) is 0. The van der Waals surface area contributed by atoms with Crippen molar-refractivity contribution in [2.45, 2.75) is 37.4 Å². The first kappa shape index (κ1) is 12.1. The van der Waals surface area contributed by atoms with Crippen molar-refractivity contribution in [3.63, 3.8) is 0 Å². The highest BCUT2D eigenvalue weighted by Gasteiger charge is 2.16. The zero-order valence-electron chi connectivity index (χ0n) is 9.83. The number of hydrogen-bond acceptors (Lipinski definition) is 5. The Balaban J connectivity index is 1.76. The van der Waals surface area contributed by atoms with Gasteiger partial charge in [0.25, 0.3) is 5.56 Å². The van der Waals surface area contributed by atoms with Gasteiger partial charge in [-0.25, -0.2) is 9.97 Å². The van der Waals surface area contributed by atoms with Gasteiger partial charge in [0.2, 0.25) is 0 Å². The smallest absolute Gasteiger partial charge is 0.277 e. The van der Waals surface area contributed by atoms with Crippen molar-refractivity contribution in [2.75, 3.05) is 0 Å². The number of fused-ring (bicyclic) bond motifs is 1. The zero-order chi connectivity index (χ0) is 12.4. The van der Waals surface area contributed by atoms with Crippen LogP contribution in [0.1, 0.15) is 32.1 Å². The summed E-state index contributed by atoms with van der Waals surface area (Å²) in [5, 5.41) is 0.692. The SMILES string of the molecule is O=c1[nH]cnc2ncn(SSC3CCCCC3)c12. The lowest BCUT2D eigenvalue weighted by Crippen LogP contribution is -2.09. The van der Waals surface area contributed by atoms with Crippen molar-refractivity contribution in [1.82, 2.24) is 18.9 Å². The first-order valence-electron chi connectivity index (χ1n) is 6.09. The molecule has 96 valence electrons. The molecule has 2 aromatic rings. The van der Waals surface area contributed by atoms with Crippen molar-refractivity contribution < 1.29 is 0 Å². The lowest BCUT2D eigenvalue weighted by molar-refractivity contribution is 0.517. The largest absolute Gasteiger partial charge is 0.311 e. The van der Waals surface area contributed by atoms with Crippen molar-refractivity contribution in [3.8, 4) is 0 Å². The van der Waals surface area contributed by atoms with E-state index < -0.39 is 0 Å². The molecule has 1 saturated carbocycles. The second-order valence-electron chi connectivity index (χ2n) is 4.41. The molecule has 2 aromatic heterocycles. The number of nitrogens with one attached hydrogen (secondary N) is 1. The molecule has 1 N–H and O–H groups in total. The molecule has 1 aliphatic rings. The Morgan fingerprint density at radius 1 is 1.28 bits per heavy atom. The molecular formula is C11H14N4OS2. The average molecular weight is 282 g/mol. The van der Waals surface area contributed by atoms with Gasteiger partial charge in [0.15, 0.2) is 11.2 Å². The Labute approximate surface area is 112 Å². The van der Waals surface area contributed by atoms with Crippen molar-refractivity contribution >= 4 is 32.9 Å². The third-order valence-corrected chi connectivity index (χ3v) is 5.95. The van der Waals surface area contributed by atoms with Gasteiger partial charge in [-0.05, 0) is 12.8 Å². The van der Waals surface area contributed by atoms with E-state index in [1.54, 1.807) is 17.3 Å². The second-order valence-corrected chi connectivity index (χ2v) is 6.83. The Morgan fingerprint density at radius 3 is 2.94 bits per heavy atom. The maximum absolute atomic E-state index is 11.7. The molecule has 0 radical (unpaired) electrons. The molecule has 0 amide bonds. The summed E-state index contributed by atoms with van der Waals surface area (Å²) in [6, 6.07) is 0. The standard InChI is InChI=1S/C11H14N4OS2/c16-11-9-10(12-6-13-11)14-7-15(9)18-17-8-4-2-1-3-5-8/h6-8H,1-5H2,(H,12,13,16). The van der Waals surface area contributed by atoms with Gasteiger partial charge >= 0.3 is 0 Å². The summed E-state index contributed by atoms with van der Waals surface area (Å²) in [4.78, 5) is 22.5. The second kappa shape index (κ2) is 5.36. The van der Waals surface area contributed by atoms with E-state index in [0.29, 0.717) is 16.4 Å². The van der Waals surface area contributed by atoms with E-state index in [1.807, 2.05) is 14.8 Å². The molecule has 0 saturated heterocycles. The van der Waals surface area contributed by atoms with Crippen LogP contribution in [0.15, 0.2) is 17.4 Å². The Hall–Kier alpha value is -0.950. The number of H-pyrrole nitrogens is 1. The molecule has 0 atom stereocenters. The maximum atomic E-state index is 11.7. The molecule has 18 heavy (non-hydrogen) atoms. The van der Waals surface area contributed by atoms with Crippen molar-refractivity contribution in [1.29, 1.82) is 0 Å². The van der Waals surface area contributed by atoms with Crippen LogP contribution in [0.3, 0.4) is 0 Å². The van der Waals surface area contributed by atoms with Crippen LogP contribution in [0.4, 0.5) is 0 Å². The van der Waals surface area contributed by atoms with Gasteiger partial charge in [0, 0.05) is 16.2 Å². The zero-order valence-corrected chi connectivity index (χ0v) is 11.5. The molecule has 2 heterocycles. The minimum Gasteiger partial charge on any atom is -0.311 e. The molecule has 0 aliphatic heterocycles. The van der Waals surface area contributed by atoms with Crippen LogP contribution >= 0.6 is 21.8 Å². The molecule has 3 rings (SSSR count). The van der Waals surface area contributed by atoms with Gasteiger partial charge in [-0.1, -0.05) is 30.1 Å². The lowest BCUT2D eigenvalue weighted by Gasteiger charge is -2.19. The highest BCUT2D eigenvalue weighted by molar-refractivity contribution is 8.76. The van der Waals surface area contributed by atoms with Crippen LogP contribution < -0.4 is 5.56 Å². The van der Waals surface area contributed by atoms with E-state index in [0.717, 1.165) is 0 Å². The van der Waals surface area contributed by atoms with Gasteiger partial charge < -0.3 is 4.98 Å². The van der Waals surface area contributed by atoms with E-state index in [1.165, 1.54) is 38.4 Å². The number of aromatic nitrogens is 4. The Morgan fingerprint density at radius 2 is 2.11 bits per heavy atom. The quantitative estimate of drug-likeness (QED) is 0.877. The van der Waals surface area contributed by atoms with Gasteiger partial charge in [0.1, 0.15) is 6.33 Å². The summed E-state index contributed by atoms with van der Waals surface area (Å²) in [6.07, 6.45) is 9.63. The molecular weight excluding hydrogens is 268 g/mol. The minimum atomic E-state index is -0.130. The van der Waals surface area contributed by atoms with E-state index in [4.69, 9.17) is 0 Å². The van der Waals surface area contributed by atoms with Crippen LogP contribution in [0, 0.1) is 0 Å². The predicted molar refractivity (Wildman–Crippen MR) is 75.6 cm³/mol. The van der Waals surface area contributed by atoms with E-state index in [2.05, 4.69) is 15.0 Å². The number of rotatable bonds is 3. The first-order chi connectivity index (χ1) is 8.84. The lowest BCUT2D eigenvalue weighted by atomic mass is 10.0. The summed E-state index contributed by atoms with van der Waals surface area (Å²) in [5.41, 5.74) is 0.926. The molecule has 1 aliphatic carbocycles. The Bertz CT molecular complexity index is 588. The van der Waals surface area contributed by atoms with Crippen LogP contribution in [0.2, 0.25) is 0 Å². The molecule has 0 spiro atoms. The van der Waals surface area contributed by atoms with Gasteiger partial charge in [-0.15, -0.1) is 0 Å². The van der Waals surface area contributed by atoms with Crippen LogP contribution in [0.25, 0.3) is 11.2 Å². The third-order valence-electron chi connectivity index (χ3n) is 3.13. The molecule has 0 aromatic carbocycles. The van der Waals surface area contributed by atoms with Gasteiger partial charge in [-0.2, -0.15) is 0 Å². The fraction of sp³-hybridized carbons (Fsp3) is 0.545.